The monoisotopic (exact) mass is 182 g/mol. The Kier molecular flexibility index (Phi) is 2.47. The molecule has 13 heavy (non-hydrogen) atoms. The van der Waals surface area contributed by atoms with Crippen LogP contribution in [0.4, 0.5) is 0 Å². The van der Waals surface area contributed by atoms with Crippen molar-refractivity contribution in [1.29, 1.82) is 0 Å². The van der Waals surface area contributed by atoms with Gasteiger partial charge in [0.25, 0.3) is 0 Å². The van der Waals surface area contributed by atoms with Gasteiger partial charge < -0.3 is 4.74 Å². The minimum Gasteiger partial charge on any atom is -0.376 e. The molecule has 1 unspecified atom stereocenters. The number of morpholine rings is 1. The summed E-state index contributed by atoms with van der Waals surface area (Å²) < 4.78 is 5.38. The van der Waals surface area contributed by atoms with E-state index < -0.39 is 0 Å². The predicted molar refractivity (Wildman–Crippen MR) is 49.8 cm³/mol. The topological polar surface area (TPSA) is 40.1 Å². The zero-order chi connectivity index (χ0) is 9.10. The van der Waals surface area contributed by atoms with Crippen LogP contribution in [0.2, 0.25) is 0 Å². The number of nitrogens with one attached hydrogen (secondary N) is 1. The SMILES string of the molecule is CN1CCOCC1N1N=CC=CN1. The summed E-state index contributed by atoms with van der Waals surface area (Å²) in [6.07, 6.45) is 5.67. The number of nitrogens with zero attached hydrogens (tertiary/aromatic N) is 3. The van der Waals surface area contributed by atoms with Crippen LogP contribution in [-0.2, 0) is 4.74 Å². The third-order valence-corrected chi connectivity index (χ3v) is 2.23. The van der Waals surface area contributed by atoms with Crippen LogP contribution in [0.25, 0.3) is 0 Å². The highest BCUT2D eigenvalue weighted by Crippen LogP contribution is 2.08. The lowest BCUT2D eigenvalue weighted by Gasteiger charge is -2.38. The summed E-state index contributed by atoms with van der Waals surface area (Å²) in [6.45, 7) is 2.44. The maximum absolute atomic E-state index is 5.38. The molecule has 0 aromatic heterocycles. The summed E-state index contributed by atoms with van der Waals surface area (Å²) in [5.74, 6) is 0. The molecule has 0 aromatic carbocycles. The number of hydrogen-bond donors (Lipinski definition) is 1. The van der Waals surface area contributed by atoms with Crippen LogP contribution in [0, 0.1) is 0 Å². The number of likely N-dealkylation sites (N-methyl/N-ethyl adjacent to an activating group) is 1. The molecular formula is C8H14N4O. The second-order valence-electron chi connectivity index (χ2n) is 3.13. The summed E-state index contributed by atoms with van der Waals surface area (Å²) in [6, 6.07) is 0. The fourth-order valence-corrected chi connectivity index (χ4v) is 1.40. The zero-order valence-electron chi connectivity index (χ0n) is 7.68. The molecular weight excluding hydrogens is 168 g/mol. The van der Waals surface area contributed by atoms with E-state index in [1.54, 1.807) is 11.3 Å². The van der Waals surface area contributed by atoms with Gasteiger partial charge in [-0.25, -0.2) is 0 Å². The lowest BCUT2D eigenvalue weighted by molar-refractivity contribution is -0.0772. The Morgan fingerprint density at radius 1 is 1.62 bits per heavy atom. The summed E-state index contributed by atoms with van der Waals surface area (Å²) in [4.78, 5) is 2.22. The van der Waals surface area contributed by atoms with E-state index in [1.165, 1.54) is 0 Å². The molecule has 0 radical (unpaired) electrons. The van der Waals surface area contributed by atoms with Gasteiger partial charge in [0.1, 0.15) is 6.17 Å². The van der Waals surface area contributed by atoms with E-state index in [-0.39, 0.29) is 6.17 Å². The Balaban J connectivity index is 1.98. The Labute approximate surface area is 77.6 Å². The smallest absolute Gasteiger partial charge is 0.145 e. The van der Waals surface area contributed by atoms with Crippen molar-refractivity contribution in [2.45, 2.75) is 6.17 Å². The van der Waals surface area contributed by atoms with Gasteiger partial charge in [-0.2, -0.15) is 10.2 Å². The molecule has 0 amide bonds. The van der Waals surface area contributed by atoms with Gasteiger partial charge in [0, 0.05) is 12.7 Å². The lowest BCUT2D eigenvalue weighted by atomic mass is 10.4. The molecule has 1 fully saturated rings. The first-order chi connectivity index (χ1) is 6.38. The van der Waals surface area contributed by atoms with Crippen LogP contribution in [0.5, 0.6) is 0 Å². The molecule has 0 spiro atoms. The van der Waals surface area contributed by atoms with Crippen molar-refractivity contribution in [3.8, 4) is 0 Å². The summed E-state index contributed by atoms with van der Waals surface area (Å²) >= 11 is 0. The van der Waals surface area contributed by atoms with Crippen molar-refractivity contribution < 1.29 is 4.74 Å². The molecule has 2 aliphatic rings. The average molecular weight is 182 g/mol. The molecule has 2 heterocycles. The Bertz CT molecular complexity index is 228. The van der Waals surface area contributed by atoms with Crippen LogP contribution in [0.1, 0.15) is 0 Å². The Morgan fingerprint density at radius 2 is 2.54 bits per heavy atom. The molecule has 5 nitrogen and oxygen atoms in total. The first kappa shape index (κ1) is 8.52. The van der Waals surface area contributed by atoms with Crippen molar-refractivity contribution >= 4 is 6.21 Å². The standard InChI is InChI=1S/C8H14N4O/c1-11-5-6-13-7-8(11)12-9-3-2-4-10-12/h2-4,8-9H,5-7H2,1H3. The van der Waals surface area contributed by atoms with Crippen LogP contribution < -0.4 is 5.43 Å². The second-order valence-corrected chi connectivity index (χ2v) is 3.13. The molecule has 1 saturated heterocycles. The van der Waals surface area contributed by atoms with Crippen LogP contribution in [0.3, 0.4) is 0 Å². The Hall–Kier alpha value is -1.07. The third kappa shape index (κ3) is 1.81. The van der Waals surface area contributed by atoms with Crippen molar-refractivity contribution in [1.82, 2.24) is 15.4 Å². The van der Waals surface area contributed by atoms with E-state index in [9.17, 15) is 0 Å². The zero-order valence-corrected chi connectivity index (χ0v) is 7.68. The first-order valence-corrected chi connectivity index (χ1v) is 4.40. The van der Waals surface area contributed by atoms with Crippen LogP contribution >= 0.6 is 0 Å². The van der Waals surface area contributed by atoms with Gasteiger partial charge in [-0.3, -0.25) is 10.3 Å². The van der Waals surface area contributed by atoms with E-state index in [1.807, 2.05) is 12.3 Å². The maximum Gasteiger partial charge on any atom is 0.145 e. The van der Waals surface area contributed by atoms with E-state index in [4.69, 9.17) is 4.74 Å². The number of hydrazine groups is 1. The maximum atomic E-state index is 5.38. The van der Waals surface area contributed by atoms with Gasteiger partial charge in [-0.15, -0.1) is 0 Å². The van der Waals surface area contributed by atoms with E-state index in [0.29, 0.717) is 6.61 Å². The molecule has 2 rings (SSSR count). The fraction of sp³-hybridized carbons (Fsp3) is 0.625. The van der Waals surface area contributed by atoms with Crippen molar-refractivity contribution in [2.24, 2.45) is 5.10 Å². The molecule has 72 valence electrons. The number of allylic oxidation sites excluding steroid dienone is 1. The normalized spacial score (nSPS) is 29.0. The Morgan fingerprint density at radius 3 is 3.23 bits per heavy atom. The lowest BCUT2D eigenvalue weighted by Crippen LogP contribution is -2.55. The number of ether oxygens (including phenoxy) is 1. The van der Waals surface area contributed by atoms with E-state index >= 15 is 0 Å². The van der Waals surface area contributed by atoms with E-state index in [0.717, 1.165) is 13.2 Å². The largest absolute Gasteiger partial charge is 0.376 e. The number of hydrogen-bond acceptors (Lipinski definition) is 5. The number of rotatable bonds is 1. The minimum atomic E-state index is 0.190. The van der Waals surface area contributed by atoms with Crippen molar-refractivity contribution in [3.63, 3.8) is 0 Å². The molecule has 1 atom stereocenters. The molecule has 1 N–H and O–H groups in total. The molecule has 0 bridgehead atoms. The van der Waals surface area contributed by atoms with E-state index in [2.05, 4.69) is 22.5 Å². The van der Waals surface area contributed by atoms with Crippen LogP contribution in [0.15, 0.2) is 17.4 Å². The molecule has 0 aliphatic carbocycles. The van der Waals surface area contributed by atoms with Crippen LogP contribution in [-0.4, -0.2) is 49.2 Å². The third-order valence-electron chi connectivity index (χ3n) is 2.23. The summed E-state index contributed by atoms with van der Waals surface area (Å²) in [5, 5.41) is 6.00. The molecule has 0 saturated carbocycles. The molecule has 2 aliphatic heterocycles. The van der Waals surface area contributed by atoms with Gasteiger partial charge in [-0.05, 0) is 13.1 Å². The highest BCUT2D eigenvalue weighted by molar-refractivity contribution is 5.71. The van der Waals surface area contributed by atoms with Gasteiger partial charge in [0.05, 0.1) is 19.4 Å². The fourth-order valence-electron chi connectivity index (χ4n) is 1.40. The summed E-state index contributed by atoms with van der Waals surface area (Å²) in [5.41, 5.74) is 3.05. The molecule has 0 aromatic rings. The molecule has 5 heteroatoms. The van der Waals surface area contributed by atoms with Crippen molar-refractivity contribution in [2.75, 3.05) is 26.8 Å². The highest BCUT2D eigenvalue weighted by Gasteiger charge is 2.25. The van der Waals surface area contributed by atoms with Gasteiger partial charge in [-0.1, -0.05) is 0 Å². The first-order valence-electron chi connectivity index (χ1n) is 4.40. The van der Waals surface area contributed by atoms with Gasteiger partial charge >= 0.3 is 0 Å². The van der Waals surface area contributed by atoms with Gasteiger partial charge in [0.2, 0.25) is 0 Å². The van der Waals surface area contributed by atoms with Crippen molar-refractivity contribution in [3.05, 3.63) is 12.3 Å². The highest BCUT2D eigenvalue weighted by atomic mass is 16.5. The quantitative estimate of drug-likeness (QED) is 0.598. The number of hydrazone groups is 1. The second kappa shape index (κ2) is 3.76. The predicted octanol–water partition coefficient (Wildman–Crippen LogP) is -0.406. The summed E-state index contributed by atoms with van der Waals surface area (Å²) in [7, 11) is 2.07. The minimum absolute atomic E-state index is 0.190. The average Bonchev–Trinajstić information content (AvgIpc) is 2.20. The van der Waals surface area contributed by atoms with Gasteiger partial charge in [0.15, 0.2) is 0 Å².